The summed E-state index contributed by atoms with van der Waals surface area (Å²) >= 11 is 0. The average Bonchev–Trinajstić information content (AvgIpc) is 3.03. The van der Waals surface area contributed by atoms with Crippen LogP contribution in [0.4, 0.5) is 13.2 Å². The molecule has 2 heterocycles. The summed E-state index contributed by atoms with van der Waals surface area (Å²) in [7, 11) is 0. The van der Waals surface area contributed by atoms with Crippen molar-refractivity contribution in [1.29, 1.82) is 0 Å². The normalized spacial score (nSPS) is 16.1. The number of rotatable bonds is 6. The largest absolute Gasteiger partial charge is 0.441 e. The Balaban J connectivity index is 0.00000196. The number of para-hydroxylation sites is 2. The van der Waals surface area contributed by atoms with Gasteiger partial charge < -0.3 is 15.1 Å². The zero-order valence-electron chi connectivity index (χ0n) is 15.0. The van der Waals surface area contributed by atoms with Crippen LogP contribution in [0.2, 0.25) is 0 Å². The topological polar surface area (TPSA) is 70.4 Å². The molecule has 1 aliphatic rings. The maximum atomic E-state index is 13.3. The third kappa shape index (κ3) is 6.51. The van der Waals surface area contributed by atoms with Gasteiger partial charge in [-0.15, -0.1) is 24.8 Å². The summed E-state index contributed by atoms with van der Waals surface area (Å²) in [5.74, 6) is -0.0486. The number of nitrogens with one attached hydrogen (secondary N) is 2. The lowest BCUT2D eigenvalue weighted by Crippen LogP contribution is -2.57. The highest BCUT2D eigenvalue weighted by molar-refractivity contribution is 5.85. The number of nitrogens with zero attached hydrogens (tertiary/aromatic N) is 2. The molecule has 1 aromatic heterocycles. The van der Waals surface area contributed by atoms with Crippen LogP contribution in [0, 0.1) is 0 Å². The average molecular weight is 443 g/mol. The fourth-order valence-corrected chi connectivity index (χ4v) is 2.99. The minimum absolute atomic E-state index is 0. The molecule has 1 amide bonds. The molecule has 0 aliphatic carbocycles. The van der Waals surface area contributed by atoms with Crippen LogP contribution in [0.15, 0.2) is 28.7 Å². The van der Waals surface area contributed by atoms with Crippen molar-refractivity contribution in [2.45, 2.75) is 25.1 Å². The van der Waals surface area contributed by atoms with Crippen molar-refractivity contribution < 1.29 is 22.4 Å². The third-order valence-electron chi connectivity index (χ3n) is 4.37. The van der Waals surface area contributed by atoms with Gasteiger partial charge in [-0.25, -0.2) is 4.98 Å². The van der Waals surface area contributed by atoms with Crippen molar-refractivity contribution in [2.24, 2.45) is 0 Å². The number of fused-ring (bicyclic) bond motifs is 1. The van der Waals surface area contributed by atoms with Crippen molar-refractivity contribution in [2.75, 3.05) is 32.7 Å². The summed E-state index contributed by atoms with van der Waals surface area (Å²) in [6.45, 7) is 1.19. The SMILES string of the molecule is Cl.Cl.O=C(CCc1nc2ccccc2o1)NCC(N1CCNCC1)C(F)(F)F. The summed E-state index contributed by atoms with van der Waals surface area (Å²) in [5, 5.41) is 5.42. The number of halogens is 5. The fraction of sp³-hybridized carbons (Fsp3) is 0.529. The summed E-state index contributed by atoms with van der Waals surface area (Å²) < 4.78 is 45.4. The molecular formula is C17H23Cl2F3N4O2. The van der Waals surface area contributed by atoms with Gasteiger partial charge in [-0.05, 0) is 12.1 Å². The molecule has 28 heavy (non-hydrogen) atoms. The van der Waals surface area contributed by atoms with Gasteiger partial charge in [0.1, 0.15) is 11.6 Å². The molecule has 1 atom stereocenters. The zero-order chi connectivity index (χ0) is 18.6. The molecule has 6 nitrogen and oxygen atoms in total. The Morgan fingerprint density at radius 3 is 2.57 bits per heavy atom. The Hall–Kier alpha value is -1.55. The van der Waals surface area contributed by atoms with Gasteiger partial charge in [0.05, 0.1) is 0 Å². The number of carbonyl (C=O) groups is 1. The molecule has 0 saturated carbocycles. The van der Waals surface area contributed by atoms with Gasteiger partial charge in [0.15, 0.2) is 11.5 Å². The standard InChI is InChI=1S/C17H21F3N4O2.2ClH/c18-17(19,20)14(24-9-7-21-8-10-24)11-22-15(25)5-6-16-23-12-3-1-2-4-13(12)26-16;;/h1-4,14,21H,5-11H2,(H,22,25);2*1H. The van der Waals surface area contributed by atoms with Crippen LogP contribution in [-0.2, 0) is 11.2 Å². The second kappa shape index (κ2) is 10.8. The number of amides is 1. The molecule has 0 bridgehead atoms. The van der Waals surface area contributed by atoms with E-state index in [4.69, 9.17) is 4.42 Å². The predicted molar refractivity (Wildman–Crippen MR) is 104 cm³/mol. The van der Waals surface area contributed by atoms with Gasteiger partial charge in [0.25, 0.3) is 0 Å². The van der Waals surface area contributed by atoms with E-state index < -0.39 is 24.7 Å². The highest BCUT2D eigenvalue weighted by atomic mass is 35.5. The Morgan fingerprint density at radius 2 is 1.93 bits per heavy atom. The summed E-state index contributed by atoms with van der Waals surface area (Å²) in [5.41, 5.74) is 1.32. The van der Waals surface area contributed by atoms with E-state index >= 15 is 0 Å². The van der Waals surface area contributed by atoms with E-state index in [0.717, 1.165) is 0 Å². The van der Waals surface area contributed by atoms with Crippen molar-refractivity contribution >= 4 is 41.8 Å². The Bertz CT molecular complexity index is 718. The van der Waals surface area contributed by atoms with Gasteiger partial charge in [-0.1, -0.05) is 12.1 Å². The summed E-state index contributed by atoms with van der Waals surface area (Å²) in [6.07, 6.45) is -4.12. The number of carbonyl (C=O) groups excluding carboxylic acids is 1. The minimum atomic E-state index is -4.38. The molecule has 1 fully saturated rings. The fourth-order valence-electron chi connectivity index (χ4n) is 2.99. The first-order valence-corrected chi connectivity index (χ1v) is 8.56. The summed E-state index contributed by atoms with van der Waals surface area (Å²) in [4.78, 5) is 17.6. The Labute approximate surface area is 173 Å². The van der Waals surface area contributed by atoms with E-state index in [-0.39, 0.29) is 37.7 Å². The van der Waals surface area contributed by atoms with E-state index in [2.05, 4.69) is 15.6 Å². The van der Waals surface area contributed by atoms with Gasteiger partial charge in [0.2, 0.25) is 5.91 Å². The molecular weight excluding hydrogens is 420 g/mol. The number of hydrogen-bond acceptors (Lipinski definition) is 5. The molecule has 0 radical (unpaired) electrons. The maximum Gasteiger partial charge on any atom is 0.405 e. The molecule has 2 aromatic rings. The van der Waals surface area contributed by atoms with E-state index in [1.807, 2.05) is 12.1 Å². The molecule has 1 aromatic carbocycles. The molecule has 1 aliphatic heterocycles. The van der Waals surface area contributed by atoms with E-state index in [1.54, 1.807) is 12.1 Å². The Morgan fingerprint density at radius 1 is 1.25 bits per heavy atom. The van der Waals surface area contributed by atoms with Gasteiger partial charge >= 0.3 is 6.18 Å². The van der Waals surface area contributed by atoms with Crippen molar-refractivity contribution in [1.82, 2.24) is 20.5 Å². The molecule has 1 saturated heterocycles. The predicted octanol–water partition coefficient (Wildman–Crippen LogP) is 2.56. The number of oxazole rings is 1. The smallest absolute Gasteiger partial charge is 0.405 e. The van der Waals surface area contributed by atoms with E-state index in [0.29, 0.717) is 43.2 Å². The lowest BCUT2D eigenvalue weighted by Gasteiger charge is -2.35. The minimum Gasteiger partial charge on any atom is -0.441 e. The zero-order valence-corrected chi connectivity index (χ0v) is 16.6. The number of hydrogen-bond donors (Lipinski definition) is 2. The lowest BCUT2D eigenvalue weighted by molar-refractivity contribution is -0.184. The molecule has 3 rings (SSSR count). The van der Waals surface area contributed by atoms with Gasteiger partial charge in [-0.3, -0.25) is 9.69 Å². The molecule has 0 spiro atoms. The quantitative estimate of drug-likeness (QED) is 0.719. The van der Waals surface area contributed by atoms with Crippen LogP contribution in [0.1, 0.15) is 12.3 Å². The van der Waals surface area contributed by atoms with E-state index in [9.17, 15) is 18.0 Å². The van der Waals surface area contributed by atoms with Crippen molar-refractivity contribution in [3.05, 3.63) is 30.2 Å². The molecule has 1 unspecified atom stereocenters. The summed E-state index contributed by atoms with van der Waals surface area (Å²) in [6, 6.07) is 5.54. The first kappa shape index (κ1) is 24.5. The Kier molecular flexibility index (Phi) is 9.49. The van der Waals surface area contributed by atoms with Crippen LogP contribution >= 0.6 is 24.8 Å². The first-order valence-electron chi connectivity index (χ1n) is 8.56. The number of aromatic nitrogens is 1. The van der Waals surface area contributed by atoms with Gasteiger partial charge in [-0.2, -0.15) is 13.2 Å². The van der Waals surface area contributed by atoms with Crippen LogP contribution < -0.4 is 10.6 Å². The molecule has 2 N–H and O–H groups in total. The van der Waals surface area contributed by atoms with Crippen LogP contribution in [0.3, 0.4) is 0 Å². The number of benzene rings is 1. The lowest BCUT2D eigenvalue weighted by atomic mass is 10.2. The maximum absolute atomic E-state index is 13.3. The number of aryl methyl sites for hydroxylation is 1. The third-order valence-corrected chi connectivity index (χ3v) is 4.37. The second-order valence-electron chi connectivity index (χ2n) is 6.22. The van der Waals surface area contributed by atoms with E-state index in [1.165, 1.54) is 4.90 Å². The highest BCUT2D eigenvalue weighted by Gasteiger charge is 2.43. The number of piperazine rings is 1. The number of alkyl halides is 3. The molecule has 158 valence electrons. The van der Waals surface area contributed by atoms with Crippen LogP contribution in [0.25, 0.3) is 11.1 Å². The van der Waals surface area contributed by atoms with Crippen molar-refractivity contribution in [3.63, 3.8) is 0 Å². The van der Waals surface area contributed by atoms with Crippen molar-refractivity contribution in [3.8, 4) is 0 Å². The molecule has 11 heteroatoms. The monoisotopic (exact) mass is 442 g/mol. The highest BCUT2D eigenvalue weighted by Crippen LogP contribution is 2.24. The second-order valence-corrected chi connectivity index (χ2v) is 6.22. The van der Waals surface area contributed by atoms with Crippen LogP contribution in [0.5, 0.6) is 0 Å². The first-order chi connectivity index (χ1) is 12.4. The van der Waals surface area contributed by atoms with Crippen LogP contribution in [-0.4, -0.2) is 60.7 Å². The van der Waals surface area contributed by atoms with Gasteiger partial charge in [0, 0.05) is 45.6 Å².